The number of anilines is 2. The molecule has 0 aliphatic carbocycles. The smallest absolute Gasteiger partial charge is 0.410 e. The van der Waals surface area contributed by atoms with Gasteiger partial charge < -0.3 is 36.1 Å². The Hall–Kier alpha value is -5.02. The number of benzene rings is 2. The van der Waals surface area contributed by atoms with Crippen molar-refractivity contribution >= 4 is 79.3 Å². The molecular weight excluding hydrogens is 871 g/mol. The third-order valence-electron chi connectivity index (χ3n) is 8.04. The number of nitrogens with two attached hydrogens (primary N) is 2. The number of ketones is 2. The van der Waals surface area contributed by atoms with Gasteiger partial charge in [0.15, 0.2) is 17.1 Å². The van der Waals surface area contributed by atoms with E-state index in [1.54, 1.807) is 21.9 Å². The number of hydrogen-bond acceptors (Lipinski definition) is 14. The lowest BCUT2D eigenvalue weighted by Gasteiger charge is -2.33. The molecule has 2 amide bonds. The lowest BCUT2D eigenvalue weighted by Crippen LogP contribution is -2.44. The van der Waals surface area contributed by atoms with Gasteiger partial charge in [0, 0.05) is 43.3 Å². The van der Waals surface area contributed by atoms with Crippen LogP contribution in [0.5, 0.6) is 0 Å². The van der Waals surface area contributed by atoms with Gasteiger partial charge in [-0.1, -0.05) is 51.5 Å². The first-order chi connectivity index (χ1) is 27.7. The van der Waals surface area contributed by atoms with Crippen LogP contribution >= 0.6 is 39.5 Å². The number of nitrogen functional groups attached to an aromatic ring is 1. The van der Waals surface area contributed by atoms with Crippen molar-refractivity contribution in [3.63, 3.8) is 0 Å². The van der Waals surface area contributed by atoms with Gasteiger partial charge in [-0.15, -0.1) is 0 Å². The number of halogens is 3. The summed E-state index contributed by atoms with van der Waals surface area (Å²) < 4.78 is 36.6. The minimum absolute atomic E-state index is 0.107. The molecule has 2 aromatic carbocycles. The van der Waals surface area contributed by atoms with Crippen LogP contribution in [0.25, 0.3) is 0 Å². The summed E-state index contributed by atoms with van der Waals surface area (Å²) in [6.45, 7) is 13.6. The summed E-state index contributed by atoms with van der Waals surface area (Å²) in [7, 11) is 0. The third kappa shape index (κ3) is 18.6. The van der Waals surface area contributed by atoms with E-state index in [4.69, 9.17) is 20.5 Å². The van der Waals surface area contributed by atoms with Gasteiger partial charge in [-0.05, 0) is 104 Å². The summed E-state index contributed by atoms with van der Waals surface area (Å²) >= 11 is 8.72. The second kappa shape index (κ2) is 24.2. The lowest BCUT2D eigenvalue weighted by molar-refractivity contribution is 0.0198. The molecule has 0 saturated carbocycles. The Labute approximate surface area is 361 Å². The van der Waals surface area contributed by atoms with Gasteiger partial charge in [0.05, 0.1) is 16.5 Å². The van der Waals surface area contributed by atoms with Gasteiger partial charge in [0.1, 0.15) is 33.5 Å². The van der Waals surface area contributed by atoms with Crippen molar-refractivity contribution in [3.05, 3.63) is 76.2 Å². The number of alkyl halides is 1. The normalized spacial score (nSPS) is 14.2. The number of amides is 2. The fourth-order valence-corrected chi connectivity index (χ4v) is 6.74. The summed E-state index contributed by atoms with van der Waals surface area (Å²) in [6.07, 6.45) is 3.83. The summed E-state index contributed by atoms with van der Waals surface area (Å²) in [5.74, 6) is -1.19. The summed E-state index contributed by atoms with van der Waals surface area (Å²) in [5, 5.41) is 13.6. The molecule has 2 aliphatic rings. The van der Waals surface area contributed by atoms with Crippen molar-refractivity contribution in [1.82, 2.24) is 14.8 Å². The molecule has 2 aliphatic heterocycles. The van der Waals surface area contributed by atoms with E-state index < -0.39 is 17.0 Å². The number of carbonyl (C=O) groups excluding carboxylic acids is 4. The zero-order chi connectivity index (χ0) is 44.3. The van der Waals surface area contributed by atoms with Crippen molar-refractivity contribution in [2.45, 2.75) is 90.5 Å². The quantitative estimate of drug-likeness (QED) is 0.0512. The van der Waals surface area contributed by atoms with Crippen LogP contribution in [0, 0.1) is 23.1 Å². The Kier molecular flexibility index (Phi) is 20.5. The second-order valence-corrected chi connectivity index (χ2v) is 16.8. The number of piperidine rings is 2. The Balaban J connectivity index is 0.000000334. The van der Waals surface area contributed by atoms with Gasteiger partial charge in [0.2, 0.25) is 5.78 Å². The number of Topliss-reactive ketones (excluding diaryl/α,β-unsaturated/α-hetero) is 1. The highest BCUT2D eigenvalue weighted by atomic mass is 79.9. The minimum atomic E-state index is -0.519. The third-order valence-corrected chi connectivity index (χ3v) is 9.66. The standard InChI is InChI=1S/C20H25FN4O3S.C11H18N2O2S.C8H6BrFO.CH2N2/c1-20(2,3)28-19(27)25-9-7-14(8-10-25)23-18-24-17(22)16(29-18)15(26)12-5-4-6-13(21)11-12;1-11(2,3)15-10(14)13-6-4-9(5-7-13)12-8-16;9-5-8(11)6-2-1-3-7(10)4-6;2-1-3/h4-6,11,14H,7-10,22H2,1-3H3,(H,23,24);9H,4-7H2,1-3H3;1-4H,5H2;2H2. The fraction of sp³-hybridized carbons (Fsp3) is 0.475. The van der Waals surface area contributed by atoms with Gasteiger partial charge in [-0.3, -0.25) is 9.59 Å². The molecule has 0 radical (unpaired) electrons. The molecule has 2 fully saturated rings. The summed E-state index contributed by atoms with van der Waals surface area (Å²) in [5.41, 5.74) is 9.76. The zero-order valence-electron chi connectivity index (χ0n) is 33.9. The second-order valence-electron chi connectivity index (χ2n) is 15.1. The highest BCUT2D eigenvalue weighted by Gasteiger charge is 2.29. The molecule has 14 nitrogen and oxygen atoms in total. The number of thiazole rings is 1. The van der Waals surface area contributed by atoms with E-state index in [0.29, 0.717) is 36.9 Å². The number of hydrogen-bond donors (Lipinski definition) is 3. The lowest BCUT2D eigenvalue weighted by atomic mass is 10.1. The molecular formula is C40H51BrF2N8O6S2. The molecule has 1 aromatic heterocycles. The molecule has 19 heteroatoms. The average Bonchev–Trinajstić information content (AvgIpc) is 3.53. The number of thiocarbonyl (C=S) groups is 1. The van der Waals surface area contributed by atoms with Crippen LogP contribution in [0.15, 0.2) is 53.5 Å². The maximum Gasteiger partial charge on any atom is 0.410 e. The molecule has 0 bridgehead atoms. The zero-order valence-corrected chi connectivity index (χ0v) is 37.1. The number of carbonyl (C=O) groups is 4. The van der Waals surface area contributed by atoms with E-state index >= 15 is 0 Å². The number of isothiocyanates is 1. The van der Waals surface area contributed by atoms with Crippen LogP contribution < -0.4 is 16.8 Å². The van der Waals surface area contributed by atoms with Crippen molar-refractivity contribution in [3.8, 4) is 6.19 Å². The highest BCUT2D eigenvalue weighted by Crippen LogP contribution is 2.29. The number of aliphatic imine (C=N–C) groups is 1. The van der Waals surface area contributed by atoms with Crippen molar-refractivity contribution < 1.29 is 37.4 Å². The molecule has 2 saturated heterocycles. The average molecular weight is 922 g/mol. The molecule has 0 spiro atoms. The van der Waals surface area contributed by atoms with E-state index in [-0.39, 0.29) is 63.2 Å². The maximum absolute atomic E-state index is 13.4. The Morgan fingerprint density at radius 1 is 0.915 bits per heavy atom. The van der Waals surface area contributed by atoms with Crippen LogP contribution in [0.3, 0.4) is 0 Å². The summed E-state index contributed by atoms with van der Waals surface area (Å²) in [4.78, 5) is 59.4. The van der Waals surface area contributed by atoms with Crippen LogP contribution in [0.1, 0.15) is 92.8 Å². The highest BCUT2D eigenvalue weighted by molar-refractivity contribution is 9.09. The number of aromatic nitrogens is 1. The van der Waals surface area contributed by atoms with Crippen molar-refractivity contribution in [1.29, 1.82) is 5.26 Å². The van der Waals surface area contributed by atoms with Crippen LogP contribution in [0.2, 0.25) is 0 Å². The minimum Gasteiger partial charge on any atom is -0.444 e. The Morgan fingerprint density at radius 2 is 1.37 bits per heavy atom. The first kappa shape index (κ1) is 50.1. The fourth-order valence-electron chi connectivity index (χ4n) is 5.34. The first-order valence-corrected chi connectivity index (χ1v) is 20.8. The first-order valence-electron chi connectivity index (χ1n) is 18.5. The van der Waals surface area contributed by atoms with Gasteiger partial charge in [-0.25, -0.2) is 28.3 Å². The SMILES string of the molecule is CC(C)(C)OC(=O)N1CCC(N=C=S)CC1.CC(C)(C)OC(=O)N1CCC(Nc2nc(N)c(C(=O)c3cccc(F)c3)s2)CC1.N#CN.O=C(CBr)c1cccc(F)c1. The van der Waals surface area contributed by atoms with Crippen molar-refractivity contribution in [2.24, 2.45) is 10.7 Å². The number of likely N-dealkylation sites (tertiary alicyclic amines) is 2. The molecule has 320 valence electrons. The van der Waals surface area contributed by atoms with E-state index in [1.165, 1.54) is 42.6 Å². The predicted molar refractivity (Wildman–Crippen MR) is 231 cm³/mol. The number of nitrogens with zero attached hydrogens (tertiary/aromatic N) is 5. The molecule has 5 rings (SSSR count). The number of nitrogens with one attached hydrogen (secondary N) is 1. The van der Waals surface area contributed by atoms with Gasteiger partial charge >= 0.3 is 12.2 Å². The van der Waals surface area contributed by atoms with E-state index in [2.05, 4.69) is 54.3 Å². The number of rotatable bonds is 7. The van der Waals surface area contributed by atoms with E-state index in [9.17, 15) is 28.0 Å². The predicted octanol–water partition coefficient (Wildman–Crippen LogP) is 8.22. The Morgan fingerprint density at radius 3 is 1.81 bits per heavy atom. The van der Waals surface area contributed by atoms with Crippen LogP contribution in [-0.4, -0.2) is 98.5 Å². The summed E-state index contributed by atoms with van der Waals surface area (Å²) in [6, 6.07) is 11.5. The van der Waals surface area contributed by atoms with E-state index in [0.717, 1.165) is 37.0 Å². The van der Waals surface area contributed by atoms with E-state index in [1.807, 2.05) is 41.5 Å². The molecule has 3 heterocycles. The molecule has 0 atom stereocenters. The van der Waals surface area contributed by atoms with Crippen LogP contribution in [0.4, 0.5) is 29.3 Å². The molecule has 3 aromatic rings. The largest absolute Gasteiger partial charge is 0.444 e. The van der Waals surface area contributed by atoms with Crippen molar-refractivity contribution in [2.75, 3.05) is 42.6 Å². The molecule has 5 N–H and O–H groups in total. The maximum atomic E-state index is 13.4. The van der Waals surface area contributed by atoms with Gasteiger partial charge in [0.25, 0.3) is 0 Å². The topological polar surface area (TPSA) is 206 Å². The number of ether oxygens (including phenoxy) is 2. The Bertz CT molecular complexity index is 1960. The van der Waals surface area contributed by atoms with Crippen LogP contribution in [-0.2, 0) is 9.47 Å². The number of nitriles is 1. The molecule has 59 heavy (non-hydrogen) atoms. The monoisotopic (exact) mass is 920 g/mol. The van der Waals surface area contributed by atoms with Gasteiger partial charge in [-0.2, -0.15) is 5.26 Å². The molecule has 0 unspecified atom stereocenters.